The first-order chi connectivity index (χ1) is 8.75. The maximum Gasteiger partial charge on any atom is 0.193 e. The van der Waals surface area contributed by atoms with Gasteiger partial charge in [-0.1, -0.05) is 0 Å². The van der Waals surface area contributed by atoms with Gasteiger partial charge in [-0.05, 0) is 13.8 Å². The molecule has 0 fully saturated rings. The van der Waals surface area contributed by atoms with Gasteiger partial charge in [0.25, 0.3) is 0 Å². The van der Waals surface area contributed by atoms with E-state index in [4.69, 9.17) is 5.84 Å². The Morgan fingerprint density at radius 2 is 2.26 bits per heavy atom. The van der Waals surface area contributed by atoms with Crippen LogP contribution in [0.2, 0.25) is 0 Å². The van der Waals surface area contributed by atoms with Crippen molar-refractivity contribution < 1.29 is 8.42 Å². The number of thiazole rings is 1. The number of hydrogen-bond acceptors (Lipinski definition) is 6. The number of aromatic nitrogens is 2. The predicted molar refractivity (Wildman–Crippen MR) is 76.8 cm³/mol. The summed E-state index contributed by atoms with van der Waals surface area (Å²) in [5.74, 6) is 5.53. The third-order valence-electron chi connectivity index (χ3n) is 3.55. The second-order valence-electron chi connectivity index (χ2n) is 5.12. The third-order valence-corrected chi connectivity index (χ3v) is 6.52. The van der Waals surface area contributed by atoms with Crippen molar-refractivity contribution in [3.63, 3.8) is 0 Å². The Bertz CT molecular complexity index is 643. The Labute approximate surface area is 116 Å². The fourth-order valence-electron chi connectivity index (χ4n) is 1.85. The first-order valence-electron chi connectivity index (χ1n) is 5.82. The van der Waals surface area contributed by atoms with Gasteiger partial charge >= 0.3 is 0 Å². The predicted octanol–water partition coefficient (Wildman–Crippen LogP) is 0.593. The highest BCUT2D eigenvalue weighted by atomic mass is 32.2. The van der Waals surface area contributed by atoms with Crippen LogP contribution in [0.15, 0.2) is 17.8 Å². The van der Waals surface area contributed by atoms with Crippen LogP contribution in [0.25, 0.3) is 4.96 Å². The van der Waals surface area contributed by atoms with E-state index in [0.717, 1.165) is 10.7 Å². The molecule has 0 saturated carbocycles. The second-order valence-corrected chi connectivity index (χ2v) is 8.59. The number of hydrazine groups is 1. The zero-order valence-electron chi connectivity index (χ0n) is 11.1. The molecule has 0 aromatic carbocycles. The normalized spacial score (nSPS) is 14.9. The molecule has 0 aliphatic heterocycles. The van der Waals surface area contributed by atoms with Crippen LogP contribution >= 0.6 is 11.3 Å². The summed E-state index contributed by atoms with van der Waals surface area (Å²) in [7, 11) is -3.22. The molecule has 2 rings (SSSR count). The van der Waals surface area contributed by atoms with Gasteiger partial charge in [0.15, 0.2) is 14.8 Å². The van der Waals surface area contributed by atoms with Gasteiger partial charge in [-0.2, -0.15) is 0 Å². The van der Waals surface area contributed by atoms with Crippen LogP contribution in [0.5, 0.6) is 0 Å². The molecule has 0 aliphatic rings. The van der Waals surface area contributed by atoms with Crippen molar-refractivity contribution >= 4 is 26.1 Å². The van der Waals surface area contributed by atoms with Crippen molar-refractivity contribution in [1.29, 1.82) is 0 Å². The molecule has 19 heavy (non-hydrogen) atoms. The number of nitrogens with zero attached hydrogens (tertiary/aromatic N) is 2. The first kappa shape index (κ1) is 14.4. The fraction of sp³-hybridized carbons (Fsp3) is 0.545. The topological polar surface area (TPSA) is 89.5 Å². The van der Waals surface area contributed by atoms with Crippen LogP contribution in [-0.4, -0.2) is 34.8 Å². The van der Waals surface area contributed by atoms with Gasteiger partial charge in [0.05, 0.1) is 10.4 Å². The molecule has 0 spiro atoms. The lowest BCUT2D eigenvalue weighted by molar-refractivity contribution is 0.410. The lowest BCUT2D eigenvalue weighted by Crippen LogP contribution is -2.55. The molecular formula is C11H18N4O2S2. The SMILES string of the molecule is CC(C)(C(Cc1cn2ccsc2n1)NN)S(C)(=O)=O. The van der Waals surface area contributed by atoms with Crippen molar-refractivity contribution in [3.8, 4) is 0 Å². The van der Waals surface area contributed by atoms with Gasteiger partial charge < -0.3 is 0 Å². The van der Waals surface area contributed by atoms with E-state index in [0.29, 0.717) is 6.42 Å². The van der Waals surface area contributed by atoms with Crippen LogP contribution < -0.4 is 11.3 Å². The molecule has 0 radical (unpaired) electrons. The van der Waals surface area contributed by atoms with E-state index in [-0.39, 0.29) is 0 Å². The van der Waals surface area contributed by atoms with Crippen LogP contribution in [-0.2, 0) is 16.3 Å². The highest BCUT2D eigenvalue weighted by Crippen LogP contribution is 2.23. The fourth-order valence-corrected chi connectivity index (χ4v) is 3.23. The molecule has 2 aromatic heterocycles. The van der Waals surface area contributed by atoms with E-state index in [1.54, 1.807) is 13.8 Å². The van der Waals surface area contributed by atoms with E-state index in [1.807, 2.05) is 22.2 Å². The third kappa shape index (κ3) is 2.66. The minimum Gasteiger partial charge on any atom is -0.297 e. The molecule has 8 heteroatoms. The molecule has 0 aliphatic carbocycles. The summed E-state index contributed by atoms with van der Waals surface area (Å²) in [6.07, 6.45) is 5.51. The lowest BCUT2D eigenvalue weighted by Gasteiger charge is -2.31. The van der Waals surface area contributed by atoms with E-state index >= 15 is 0 Å². The molecule has 0 amide bonds. The molecule has 3 N–H and O–H groups in total. The Morgan fingerprint density at radius 1 is 1.58 bits per heavy atom. The average Bonchev–Trinajstić information content (AvgIpc) is 2.83. The van der Waals surface area contributed by atoms with Crippen LogP contribution in [0.1, 0.15) is 19.5 Å². The van der Waals surface area contributed by atoms with Gasteiger partial charge in [-0.3, -0.25) is 15.7 Å². The lowest BCUT2D eigenvalue weighted by atomic mass is 9.99. The van der Waals surface area contributed by atoms with Crippen LogP contribution in [0.4, 0.5) is 0 Å². The van der Waals surface area contributed by atoms with Gasteiger partial charge in [0, 0.05) is 36.5 Å². The first-order valence-corrected chi connectivity index (χ1v) is 8.59. The van der Waals surface area contributed by atoms with E-state index in [1.165, 1.54) is 17.6 Å². The Kier molecular flexibility index (Phi) is 3.69. The van der Waals surface area contributed by atoms with E-state index in [2.05, 4.69) is 10.4 Å². The van der Waals surface area contributed by atoms with Crippen molar-refractivity contribution in [1.82, 2.24) is 14.8 Å². The van der Waals surface area contributed by atoms with Crippen molar-refractivity contribution in [3.05, 3.63) is 23.5 Å². The van der Waals surface area contributed by atoms with Gasteiger partial charge in [-0.15, -0.1) is 11.3 Å². The number of fused-ring (bicyclic) bond motifs is 1. The summed E-state index contributed by atoms with van der Waals surface area (Å²) in [6, 6.07) is -0.396. The molecule has 0 saturated heterocycles. The minimum absolute atomic E-state index is 0.396. The quantitative estimate of drug-likeness (QED) is 0.623. The molecule has 2 aromatic rings. The maximum atomic E-state index is 11.8. The van der Waals surface area contributed by atoms with Gasteiger partial charge in [0.2, 0.25) is 0 Å². The number of nitrogens with two attached hydrogens (primary N) is 1. The summed E-state index contributed by atoms with van der Waals surface area (Å²) in [4.78, 5) is 5.34. The number of hydrogen-bond donors (Lipinski definition) is 2. The van der Waals surface area contributed by atoms with Gasteiger partial charge in [-0.25, -0.2) is 13.4 Å². The van der Waals surface area contributed by atoms with Gasteiger partial charge in [0.1, 0.15) is 0 Å². The second kappa shape index (κ2) is 4.86. The summed E-state index contributed by atoms with van der Waals surface area (Å²) in [5.41, 5.74) is 3.43. The average molecular weight is 302 g/mol. The molecule has 6 nitrogen and oxygen atoms in total. The Hall–Kier alpha value is -0.960. The molecular weight excluding hydrogens is 284 g/mol. The zero-order chi connectivity index (χ0) is 14.3. The van der Waals surface area contributed by atoms with Crippen molar-refractivity contribution in [2.24, 2.45) is 5.84 Å². The molecule has 1 unspecified atom stereocenters. The molecule has 1 atom stereocenters. The maximum absolute atomic E-state index is 11.8. The molecule has 2 heterocycles. The zero-order valence-corrected chi connectivity index (χ0v) is 12.8. The monoisotopic (exact) mass is 302 g/mol. The van der Waals surface area contributed by atoms with E-state index in [9.17, 15) is 8.42 Å². The Morgan fingerprint density at radius 3 is 2.79 bits per heavy atom. The smallest absolute Gasteiger partial charge is 0.193 e. The standard InChI is InChI=1S/C11H18N4O2S2/c1-11(2,19(3,16)17)9(14-12)6-8-7-15-4-5-18-10(15)13-8/h4-5,7,9,14H,6,12H2,1-3H3. The van der Waals surface area contributed by atoms with E-state index < -0.39 is 20.6 Å². The van der Waals surface area contributed by atoms with Crippen molar-refractivity contribution in [2.75, 3.05) is 6.26 Å². The summed E-state index contributed by atoms with van der Waals surface area (Å²) < 4.78 is 24.7. The molecule has 0 bridgehead atoms. The summed E-state index contributed by atoms with van der Waals surface area (Å²) in [6.45, 7) is 3.34. The summed E-state index contributed by atoms with van der Waals surface area (Å²) in [5, 5.41) is 1.95. The largest absolute Gasteiger partial charge is 0.297 e. The number of sulfone groups is 1. The highest BCUT2D eigenvalue weighted by Gasteiger charge is 2.38. The summed E-state index contributed by atoms with van der Waals surface area (Å²) >= 11 is 1.54. The van der Waals surface area contributed by atoms with Crippen LogP contribution in [0, 0.1) is 0 Å². The number of rotatable bonds is 5. The van der Waals surface area contributed by atoms with Crippen molar-refractivity contribution in [2.45, 2.75) is 31.1 Å². The Balaban J connectivity index is 2.26. The van der Waals surface area contributed by atoms with Crippen LogP contribution in [0.3, 0.4) is 0 Å². The highest BCUT2D eigenvalue weighted by molar-refractivity contribution is 7.92. The number of nitrogens with one attached hydrogen (secondary N) is 1. The number of imidazole rings is 1. The molecule has 106 valence electrons. The minimum atomic E-state index is -3.22.